The number of thioether (sulfide) groups is 1. The summed E-state index contributed by atoms with van der Waals surface area (Å²) in [7, 11) is 0. The Labute approximate surface area is 177 Å². The number of carbonyl (C=O) groups is 1. The zero-order valence-electron chi connectivity index (χ0n) is 17.1. The van der Waals surface area contributed by atoms with Gasteiger partial charge in [-0.15, -0.1) is 0 Å². The van der Waals surface area contributed by atoms with E-state index in [0.29, 0.717) is 12.2 Å². The lowest BCUT2D eigenvalue weighted by atomic mass is 9.87. The lowest BCUT2D eigenvalue weighted by Crippen LogP contribution is -2.38. The van der Waals surface area contributed by atoms with E-state index >= 15 is 0 Å². The van der Waals surface area contributed by atoms with Crippen molar-refractivity contribution in [3.63, 3.8) is 0 Å². The minimum atomic E-state index is -1.08. The van der Waals surface area contributed by atoms with Gasteiger partial charge in [-0.05, 0) is 52.3 Å². The molecule has 5 nitrogen and oxygen atoms in total. The van der Waals surface area contributed by atoms with Crippen molar-refractivity contribution in [3.8, 4) is 11.1 Å². The summed E-state index contributed by atoms with van der Waals surface area (Å²) in [6, 6.07) is 4.83. The van der Waals surface area contributed by atoms with Crippen molar-refractivity contribution < 1.29 is 22.7 Å². The van der Waals surface area contributed by atoms with Crippen molar-refractivity contribution in [2.75, 3.05) is 5.75 Å². The van der Waals surface area contributed by atoms with Crippen LogP contribution in [0.15, 0.2) is 35.5 Å². The normalized spacial score (nSPS) is 19.2. The second-order valence-corrected chi connectivity index (χ2v) is 9.15. The molecule has 1 aromatic carbocycles. The fourth-order valence-corrected chi connectivity index (χ4v) is 4.18. The molecule has 160 valence electrons. The molecule has 0 saturated carbocycles. The lowest BCUT2D eigenvalue weighted by molar-refractivity contribution is 0.0564. The van der Waals surface area contributed by atoms with Crippen LogP contribution in [-0.4, -0.2) is 27.6 Å². The van der Waals surface area contributed by atoms with Gasteiger partial charge in [0, 0.05) is 34.7 Å². The van der Waals surface area contributed by atoms with E-state index < -0.39 is 34.8 Å². The summed E-state index contributed by atoms with van der Waals surface area (Å²) >= 11 is 1.30. The molecule has 0 aliphatic carbocycles. The zero-order chi connectivity index (χ0) is 22.1. The minimum Gasteiger partial charge on any atom is -0.444 e. The molecular weight excluding hydrogens is 415 g/mol. The van der Waals surface area contributed by atoms with E-state index in [4.69, 9.17) is 4.74 Å². The molecular formula is C21H22F3N3O2S. The number of nitrogens with zero attached hydrogens (tertiary/aromatic N) is 2. The van der Waals surface area contributed by atoms with Crippen LogP contribution in [-0.2, 0) is 10.3 Å². The number of hydrogen-bond donors (Lipinski definition) is 1. The number of halogens is 3. The van der Waals surface area contributed by atoms with E-state index in [1.165, 1.54) is 36.2 Å². The Balaban J connectivity index is 1.98. The van der Waals surface area contributed by atoms with E-state index in [-0.39, 0.29) is 21.9 Å². The number of ether oxygens (including phenoxy) is 1. The van der Waals surface area contributed by atoms with Crippen LogP contribution in [0.3, 0.4) is 0 Å². The topological polar surface area (TPSA) is 63.6 Å². The molecule has 0 fully saturated rings. The van der Waals surface area contributed by atoms with Crippen LogP contribution in [0.5, 0.6) is 0 Å². The van der Waals surface area contributed by atoms with Crippen LogP contribution in [0.2, 0.25) is 0 Å². The van der Waals surface area contributed by atoms with Crippen molar-refractivity contribution in [2.24, 2.45) is 4.99 Å². The van der Waals surface area contributed by atoms with E-state index in [1.54, 1.807) is 27.7 Å². The summed E-state index contributed by atoms with van der Waals surface area (Å²) in [4.78, 5) is 20.1. The number of amidine groups is 1. The largest absolute Gasteiger partial charge is 0.444 e. The van der Waals surface area contributed by atoms with Gasteiger partial charge in [-0.25, -0.2) is 18.6 Å². The highest BCUT2D eigenvalue weighted by molar-refractivity contribution is 8.13. The van der Waals surface area contributed by atoms with Gasteiger partial charge in [0.1, 0.15) is 17.2 Å². The highest BCUT2D eigenvalue weighted by Gasteiger charge is 2.34. The Bertz CT molecular complexity index is 1010. The fraction of sp³-hybridized carbons (Fsp3) is 0.381. The lowest BCUT2D eigenvalue weighted by Gasteiger charge is -2.31. The monoisotopic (exact) mass is 437 g/mol. The number of aliphatic imine (C=N–C) groups is 1. The van der Waals surface area contributed by atoms with Gasteiger partial charge < -0.3 is 4.74 Å². The van der Waals surface area contributed by atoms with Crippen molar-refractivity contribution in [2.45, 2.75) is 45.3 Å². The third-order valence-electron chi connectivity index (χ3n) is 4.47. The molecule has 1 atom stereocenters. The number of nitrogens with one attached hydrogen (secondary N) is 1. The minimum absolute atomic E-state index is 0.0684. The summed E-state index contributed by atoms with van der Waals surface area (Å²) in [6.45, 7) is 6.89. The Morgan fingerprint density at radius 1 is 1.20 bits per heavy atom. The molecule has 1 aliphatic heterocycles. The van der Waals surface area contributed by atoms with Crippen LogP contribution in [0.25, 0.3) is 11.1 Å². The molecule has 2 heterocycles. The maximum atomic E-state index is 14.8. The summed E-state index contributed by atoms with van der Waals surface area (Å²) in [6.07, 6.45) is 1.02. The van der Waals surface area contributed by atoms with Gasteiger partial charge in [0.25, 0.3) is 0 Å². The van der Waals surface area contributed by atoms with Gasteiger partial charge in [0.2, 0.25) is 5.95 Å². The number of aromatic nitrogens is 1. The number of benzene rings is 1. The van der Waals surface area contributed by atoms with Crippen LogP contribution in [0, 0.1) is 17.6 Å². The van der Waals surface area contributed by atoms with Crippen LogP contribution < -0.4 is 5.32 Å². The molecule has 0 saturated heterocycles. The van der Waals surface area contributed by atoms with E-state index in [9.17, 15) is 18.0 Å². The summed E-state index contributed by atoms with van der Waals surface area (Å²) in [5.41, 5.74) is -1.83. The van der Waals surface area contributed by atoms with Crippen LogP contribution in [0.1, 0.15) is 39.7 Å². The molecule has 0 radical (unpaired) electrons. The maximum Gasteiger partial charge on any atom is 0.413 e. The van der Waals surface area contributed by atoms with E-state index in [1.807, 2.05) is 0 Å². The smallest absolute Gasteiger partial charge is 0.413 e. The molecule has 0 bridgehead atoms. The third kappa shape index (κ3) is 4.95. The summed E-state index contributed by atoms with van der Waals surface area (Å²) in [5.74, 6) is -2.00. The molecule has 1 aromatic heterocycles. The SMILES string of the molecule is CC(C)(C)OC(=O)NC1=NC(C)(c2cc(-c3cccnc3F)c(F)cc2F)CCS1. The number of rotatable bonds is 2. The third-order valence-corrected chi connectivity index (χ3v) is 5.35. The first-order valence-corrected chi connectivity index (χ1v) is 10.3. The second-order valence-electron chi connectivity index (χ2n) is 8.07. The highest BCUT2D eigenvalue weighted by Crippen LogP contribution is 2.39. The molecule has 1 N–H and O–H groups in total. The Morgan fingerprint density at radius 2 is 1.93 bits per heavy atom. The first-order chi connectivity index (χ1) is 14.0. The van der Waals surface area contributed by atoms with Crippen molar-refractivity contribution in [3.05, 3.63) is 53.6 Å². The van der Waals surface area contributed by atoms with Gasteiger partial charge in [-0.2, -0.15) is 4.39 Å². The van der Waals surface area contributed by atoms with E-state index in [2.05, 4.69) is 15.3 Å². The van der Waals surface area contributed by atoms with Crippen molar-refractivity contribution in [1.82, 2.24) is 10.3 Å². The molecule has 1 aliphatic rings. The molecule has 9 heteroatoms. The van der Waals surface area contributed by atoms with Gasteiger partial charge >= 0.3 is 6.09 Å². The Hall–Kier alpha value is -2.55. The highest BCUT2D eigenvalue weighted by atomic mass is 32.2. The standard InChI is InChI=1S/C21H22F3N3O2S/c1-20(2,3)29-19(28)26-18-27-21(4,7-9-30-18)14-10-13(15(22)11-16(14)23)12-6-5-8-25-17(12)24/h5-6,8,10-11H,7,9H2,1-4H3,(H,26,27,28). The zero-order valence-corrected chi connectivity index (χ0v) is 17.9. The Kier molecular flexibility index (Phi) is 6.12. The average Bonchev–Trinajstić information content (AvgIpc) is 2.61. The van der Waals surface area contributed by atoms with Gasteiger partial charge in [0.15, 0.2) is 5.17 Å². The summed E-state index contributed by atoms with van der Waals surface area (Å²) < 4.78 is 48.5. The number of carbonyl (C=O) groups excluding carboxylic acids is 1. The fourth-order valence-electron chi connectivity index (χ4n) is 3.06. The van der Waals surface area contributed by atoms with Crippen LogP contribution >= 0.6 is 11.8 Å². The molecule has 1 unspecified atom stereocenters. The van der Waals surface area contributed by atoms with Gasteiger partial charge in [-0.1, -0.05) is 11.8 Å². The van der Waals surface area contributed by atoms with Crippen molar-refractivity contribution >= 4 is 23.0 Å². The molecule has 1 amide bonds. The molecule has 30 heavy (non-hydrogen) atoms. The van der Waals surface area contributed by atoms with Crippen molar-refractivity contribution in [1.29, 1.82) is 0 Å². The second kappa shape index (κ2) is 8.29. The quantitative estimate of drug-likeness (QED) is 0.639. The first-order valence-electron chi connectivity index (χ1n) is 9.31. The predicted molar refractivity (Wildman–Crippen MR) is 111 cm³/mol. The molecule has 3 rings (SSSR count). The summed E-state index contributed by atoms with van der Waals surface area (Å²) in [5, 5.41) is 2.85. The first kappa shape index (κ1) is 22.1. The maximum absolute atomic E-state index is 14.8. The van der Waals surface area contributed by atoms with Gasteiger partial charge in [-0.3, -0.25) is 10.3 Å². The number of pyridine rings is 1. The van der Waals surface area contributed by atoms with E-state index in [0.717, 1.165) is 6.07 Å². The molecule has 0 spiro atoms. The van der Waals surface area contributed by atoms with Gasteiger partial charge in [0.05, 0.1) is 5.54 Å². The molecule has 2 aromatic rings. The number of amides is 1. The van der Waals surface area contributed by atoms with Crippen LogP contribution in [0.4, 0.5) is 18.0 Å². The number of alkyl carbamates (subject to hydrolysis) is 1. The Morgan fingerprint density at radius 3 is 2.60 bits per heavy atom. The number of hydrogen-bond acceptors (Lipinski definition) is 5. The average molecular weight is 437 g/mol. The predicted octanol–water partition coefficient (Wildman–Crippen LogP) is 5.40.